The van der Waals surface area contributed by atoms with Gasteiger partial charge in [0.05, 0.1) is 6.54 Å². The van der Waals surface area contributed by atoms with Crippen LogP contribution in [0.2, 0.25) is 0 Å². The third-order valence-corrected chi connectivity index (χ3v) is 4.01. The van der Waals surface area contributed by atoms with E-state index in [-0.39, 0.29) is 0 Å². The van der Waals surface area contributed by atoms with E-state index in [0.717, 1.165) is 24.6 Å². The van der Waals surface area contributed by atoms with Gasteiger partial charge in [-0.2, -0.15) is 0 Å². The van der Waals surface area contributed by atoms with Gasteiger partial charge in [-0.05, 0) is 30.5 Å². The minimum absolute atomic E-state index is 0.556. The first kappa shape index (κ1) is 11.6. The van der Waals surface area contributed by atoms with Crippen molar-refractivity contribution in [2.75, 3.05) is 12.3 Å². The first-order chi connectivity index (χ1) is 8.81. The molecule has 0 saturated heterocycles. The van der Waals surface area contributed by atoms with Crippen molar-refractivity contribution in [3.05, 3.63) is 40.4 Å². The highest BCUT2D eigenvalue weighted by Crippen LogP contribution is 2.21. The fourth-order valence-electron chi connectivity index (χ4n) is 2.43. The first-order valence-corrected chi connectivity index (χ1v) is 7.00. The number of hydrogen-bond acceptors (Lipinski definition) is 5. The lowest BCUT2D eigenvalue weighted by Gasteiger charge is -2.18. The Kier molecular flexibility index (Phi) is 3.25. The quantitative estimate of drug-likeness (QED) is 0.898. The molecule has 0 spiro atoms. The second kappa shape index (κ2) is 5.04. The summed E-state index contributed by atoms with van der Waals surface area (Å²) >= 11 is 1.48. The van der Waals surface area contributed by atoms with Crippen molar-refractivity contribution in [3.63, 3.8) is 0 Å². The summed E-state index contributed by atoms with van der Waals surface area (Å²) in [5.74, 6) is 0. The number of nitrogens with two attached hydrogens (primary N) is 1. The molecular weight excluding hydrogens is 244 g/mol. The summed E-state index contributed by atoms with van der Waals surface area (Å²) < 4.78 is 0. The van der Waals surface area contributed by atoms with E-state index in [0.29, 0.717) is 5.13 Å². The summed E-state index contributed by atoms with van der Waals surface area (Å²) in [4.78, 5) is 2.42. The Labute approximate surface area is 110 Å². The molecular formula is C13H16N4S. The molecule has 0 saturated carbocycles. The zero-order valence-corrected chi connectivity index (χ0v) is 11.0. The molecule has 0 radical (unpaired) electrons. The van der Waals surface area contributed by atoms with Crippen LogP contribution in [-0.4, -0.2) is 21.6 Å². The maximum Gasteiger partial charge on any atom is 0.203 e. The molecule has 2 N–H and O–H groups in total. The number of fused-ring (bicyclic) bond motifs is 1. The van der Waals surface area contributed by atoms with Gasteiger partial charge in [0.25, 0.3) is 0 Å². The van der Waals surface area contributed by atoms with Gasteiger partial charge in [-0.1, -0.05) is 35.6 Å². The normalized spacial score (nSPS) is 16.2. The standard InChI is InChI=1S/C13H16N4S/c14-13-16-15-12(18-13)9-17-7-3-6-10-4-1-2-5-11(10)8-17/h1-2,4-5H,3,6-9H2,(H2,14,16). The van der Waals surface area contributed by atoms with E-state index >= 15 is 0 Å². The third kappa shape index (κ3) is 2.52. The highest BCUT2D eigenvalue weighted by Gasteiger charge is 2.15. The molecule has 0 bridgehead atoms. The highest BCUT2D eigenvalue weighted by molar-refractivity contribution is 7.15. The third-order valence-electron chi connectivity index (χ3n) is 3.27. The molecule has 5 heteroatoms. The van der Waals surface area contributed by atoms with Crippen LogP contribution in [0, 0.1) is 0 Å². The molecule has 4 nitrogen and oxygen atoms in total. The van der Waals surface area contributed by atoms with Crippen LogP contribution >= 0.6 is 11.3 Å². The van der Waals surface area contributed by atoms with E-state index in [1.165, 1.54) is 35.3 Å². The number of benzene rings is 1. The summed E-state index contributed by atoms with van der Waals surface area (Å²) in [5.41, 5.74) is 8.54. The number of aryl methyl sites for hydroxylation is 1. The fourth-order valence-corrected chi connectivity index (χ4v) is 3.08. The lowest BCUT2D eigenvalue weighted by atomic mass is 10.0. The van der Waals surface area contributed by atoms with Crippen LogP contribution in [0.3, 0.4) is 0 Å². The molecule has 18 heavy (non-hydrogen) atoms. The Morgan fingerprint density at radius 3 is 2.83 bits per heavy atom. The number of nitrogen functional groups attached to an aromatic ring is 1. The lowest BCUT2D eigenvalue weighted by molar-refractivity contribution is 0.260. The van der Waals surface area contributed by atoms with Crippen LogP contribution < -0.4 is 5.73 Å². The van der Waals surface area contributed by atoms with E-state index < -0.39 is 0 Å². The van der Waals surface area contributed by atoms with Gasteiger partial charge < -0.3 is 5.73 Å². The molecule has 1 aliphatic heterocycles. The average molecular weight is 260 g/mol. The SMILES string of the molecule is Nc1nnc(CN2CCCc3ccccc3C2)s1. The second-order valence-corrected chi connectivity index (χ2v) is 5.71. The highest BCUT2D eigenvalue weighted by atomic mass is 32.1. The van der Waals surface area contributed by atoms with Crippen molar-refractivity contribution in [1.29, 1.82) is 0 Å². The van der Waals surface area contributed by atoms with E-state index in [1.807, 2.05) is 0 Å². The minimum atomic E-state index is 0.556. The summed E-state index contributed by atoms with van der Waals surface area (Å²) in [6.07, 6.45) is 2.37. The van der Waals surface area contributed by atoms with Crippen molar-refractivity contribution in [3.8, 4) is 0 Å². The maximum absolute atomic E-state index is 5.62. The first-order valence-electron chi connectivity index (χ1n) is 6.18. The Balaban J connectivity index is 1.75. The molecule has 1 aromatic carbocycles. The largest absolute Gasteiger partial charge is 0.374 e. The predicted octanol–water partition coefficient (Wildman–Crippen LogP) is 2.07. The van der Waals surface area contributed by atoms with Crippen LogP contribution in [0.25, 0.3) is 0 Å². The zero-order valence-electron chi connectivity index (χ0n) is 10.2. The van der Waals surface area contributed by atoms with Crippen LogP contribution in [0.15, 0.2) is 24.3 Å². The Bertz CT molecular complexity index is 537. The molecule has 0 unspecified atom stereocenters. The van der Waals surface area contributed by atoms with E-state index in [2.05, 4.69) is 39.4 Å². The molecule has 1 aromatic heterocycles. The fraction of sp³-hybridized carbons (Fsp3) is 0.385. The predicted molar refractivity (Wildman–Crippen MR) is 73.2 cm³/mol. The molecule has 1 aliphatic rings. The molecule has 94 valence electrons. The zero-order chi connectivity index (χ0) is 12.4. The van der Waals surface area contributed by atoms with Crippen molar-refractivity contribution < 1.29 is 0 Å². The average Bonchev–Trinajstić information content (AvgIpc) is 2.66. The maximum atomic E-state index is 5.62. The Hall–Kier alpha value is -1.46. The van der Waals surface area contributed by atoms with Crippen LogP contribution in [0.1, 0.15) is 22.6 Å². The molecule has 3 rings (SSSR count). The number of anilines is 1. The topological polar surface area (TPSA) is 55.0 Å². The smallest absolute Gasteiger partial charge is 0.203 e. The second-order valence-electron chi connectivity index (χ2n) is 4.62. The van der Waals surface area contributed by atoms with Gasteiger partial charge in [0, 0.05) is 6.54 Å². The van der Waals surface area contributed by atoms with Crippen LogP contribution in [0.5, 0.6) is 0 Å². The van der Waals surface area contributed by atoms with Crippen LogP contribution in [0.4, 0.5) is 5.13 Å². The number of aromatic nitrogens is 2. The summed E-state index contributed by atoms with van der Waals surface area (Å²) in [6, 6.07) is 8.70. The van der Waals surface area contributed by atoms with Crippen molar-refractivity contribution in [2.45, 2.75) is 25.9 Å². The van der Waals surface area contributed by atoms with Crippen molar-refractivity contribution in [1.82, 2.24) is 15.1 Å². The molecule has 2 heterocycles. The van der Waals surface area contributed by atoms with Crippen LogP contribution in [-0.2, 0) is 19.5 Å². The van der Waals surface area contributed by atoms with Gasteiger partial charge in [-0.15, -0.1) is 10.2 Å². The summed E-state index contributed by atoms with van der Waals surface area (Å²) in [5, 5.41) is 9.53. The van der Waals surface area contributed by atoms with Gasteiger partial charge in [0.15, 0.2) is 0 Å². The number of hydrogen-bond donors (Lipinski definition) is 1. The Morgan fingerprint density at radius 1 is 1.22 bits per heavy atom. The molecule has 0 amide bonds. The summed E-state index contributed by atoms with van der Waals surface area (Å²) in [6.45, 7) is 2.95. The molecule has 2 aromatic rings. The number of rotatable bonds is 2. The van der Waals surface area contributed by atoms with Gasteiger partial charge in [0.2, 0.25) is 5.13 Å². The summed E-state index contributed by atoms with van der Waals surface area (Å²) in [7, 11) is 0. The van der Waals surface area contributed by atoms with Gasteiger partial charge >= 0.3 is 0 Å². The Morgan fingerprint density at radius 2 is 2.06 bits per heavy atom. The monoisotopic (exact) mass is 260 g/mol. The van der Waals surface area contributed by atoms with Gasteiger partial charge in [-0.25, -0.2) is 0 Å². The van der Waals surface area contributed by atoms with E-state index in [1.54, 1.807) is 0 Å². The molecule has 0 aliphatic carbocycles. The molecule has 0 atom stereocenters. The van der Waals surface area contributed by atoms with Crippen molar-refractivity contribution >= 4 is 16.5 Å². The van der Waals surface area contributed by atoms with Gasteiger partial charge in [-0.3, -0.25) is 4.90 Å². The van der Waals surface area contributed by atoms with E-state index in [9.17, 15) is 0 Å². The van der Waals surface area contributed by atoms with Crippen molar-refractivity contribution in [2.24, 2.45) is 0 Å². The minimum Gasteiger partial charge on any atom is -0.374 e. The van der Waals surface area contributed by atoms with E-state index in [4.69, 9.17) is 5.73 Å². The number of nitrogens with zero attached hydrogens (tertiary/aromatic N) is 3. The molecule has 0 fully saturated rings. The lowest BCUT2D eigenvalue weighted by Crippen LogP contribution is -2.22. The van der Waals surface area contributed by atoms with Gasteiger partial charge in [0.1, 0.15) is 5.01 Å².